The van der Waals surface area contributed by atoms with E-state index in [2.05, 4.69) is 15.0 Å². The second-order valence-electron chi connectivity index (χ2n) is 4.36. The molecule has 0 spiro atoms. The van der Waals surface area contributed by atoms with Gasteiger partial charge in [-0.3, -0.25) is 0 Å². The number of halogens is 1. The summed E-state index contributed by atoms with van der Waals surface area (Å²) in [6.45, 7) is 0.457. The predicted molar refractivity (Wildman–Crippen MR) is 82.1 cm³/mol. The van der Waals surface area contributed by atoms with E-state index in [1.54, 1.807) is 13.3 Å². The summed E-state index contributed by atoms with van der Waals surface area (Å²) in [4.78, 5) is 11.9. The molecule has 5 nitrogen and oxygen atoms in total. The lowest BCUT2D eigenvalue weighted by Gasteiger charge is -2.09. The zero-order valence-electron chi connectivity index (χ0n) is 11.5. The van der Waals surface area contributed by atoms with Crippen LogP contribution in [-0.2, 0) is 0 Å². The zero-order chi connectivity index (χ0) is 14.7. The Labute approximate surface area is 126 Å². The van der Waals surface area contributed by atoms with Crippen molar-refractivity contribution in [1.82, 2.24) is 15.0 Å². The van der Waals surface area contributed by atoms with E-state index >= 15 is 0 Å². The topological polar surface area (TPSA) is 60.0 Å². The Hall–Kier alpha value is -2.27. The van der Waals surface area contributed by atoms with Gasteiger partial charge in [0.25, 0.3) is 0 Å². The van der Waals surface area contributed by atoms with Gasteiger partial charge >= 0.3 is 0 Å². The van der Waals surface area contributed by atoms with Crippen LogP contribution in [0.3, 0.4) is 0 Å². The number of aromatic nitrogens is 3. The number of methoxy groups -OCH3 is 1. The number of fused-ring (bicyclic) bond motifs is 1. The Bertz CT molecular complexity index is 725. The van der Waals surface area contributed by atoms with Crippen LogP contribution in [-0.4, -0.2) is 34.5 Å². The van der Waals surface area contributed by atoms with Crippen molar-refractivity contribution in [3.05, 3.63) is 36.5 Å². The molecule has 0 aliphatic rings. The maximum atomic E-state index is 5.62. The lowest BCUT2D eigenvalue weighted by Crippen LogP contribution is -1.99. The largest absolute Gasteiger partial charge is 0.496 e. The number of hydrogen-bond acceptors (Lipinski definition) is 4. The van der Waals surface area contributed by atoms with Crippen LogP contribution in [0.4, 0.5) is 0 Å². The minimum Gasteiger partial charge on any atom is -0.496 e. The normalized spacial score (nSPS) is 10.8. The fraction of sp³-hybridized carbons (Fsp3) is 0.200. The molecule has 0 unspecified atom stereocenters. The first kappa shape index (κ1) is 13.7. The van der Waals surface area contributed by atoms with Crippen LogP contribution in [0.1, 0.15) is 0 Å². The Balaban J connectivity index is 2.00. The lowest BCUT2D eigenvalue weighted by atomic mass is 10.2. The molecule has 0 saturated carbocycles. The van der Waals surface area contributed by atoms with Gasteiger partial charge in [-0.25, -0.2) is 9.97 Å². The highest BCUT2D eigenvalue weighted by atomic mass is 35.5. The zero-order valence-corrected chi connectivity index (χ0v) is 12.2. The van der Waals surface area contributed by atoms with E-state index < -0.39 is 0 Å². The molecule has 0 bridgehead atoms. The molecule has 2 aromatic heterocycles. The van der Waals surface area contributed by atoms with E-state index in [4.69, 9.17) is 21.1 Å². The molecule has 0 amide bonds. The minimum absolute atomic E-state index is 0.444. The number of imidazole rings is 1. The van der Waals surface area contributed by atoms with Crippen LogP contribution in [0.15, 0.2) is 36.5 Å². The van der Waals surface area contributed by atoms with Crippen molar-refractivity contribution in [3.8, 4) is 22.9 Å². The number of ether oxygens (including phenoxy) is 2. The van der Waals surface area contributed by atoms with Crippen LogP contribution in [0, 0.1) is 0 Å². The molecule has 21 heavy (non-hydrogen) atoms. The number of pyridine rings is 1. The van der Waals surface area contributed by atoms with Gasteiger partial charge in [-0.15, -0.1) is 11.6 Å². The average molecular weight is 304 g/mol. The molecular weight excluding hydrogens is 290 g/mol. The van der Waals surface area contributed by atoms with Crippen molar-refractivity contribution < 1.29 is 9.47 Å². The second-order valence-corrected chi connectivity index (χ2v) is 4.74. The highest BCUT2D eigenvalue weighted by molar-refractivity contribution is 6.18. The van der Waals surface area contributed by atoms with Crippen molar-refractivity contribution in [3.63, 3.8) is 0 Å². The third-order valence-electron chi connectivity index (χ3n) is 3.03. The third-order valence-corrected chi connectivity index (χ3v) is 3.19. The molecule has 6 heteroatoms. The van der Waals surface area contributed by atoms with Gasteiger partial charge in [0.05, 0.1) is 24.1 Å². The van der Waals surface area contributed by atoms with E-state index in [-0.39, 0.29) is 0 Å². The molecule has 0 fully saturated rings. The fourth-order valence-electron chi connectivity index (χ4n) is 2.09. The van der Waals surface area contributed by atoms with Crippen molar-refractivity contribution in [1.29, 1.82) is 0 Å². The smallest absolute Gasteiger partial charge is 0.178 e. The van der Waals surface area contributed by atoms with Crippen LogP contribution in [0.2, 0.25) is 0 Å². The number of nitrogens with zero attached hydrogens (tertiary/aromatic N) is 2. The fourth-order valence-corrected chi connectivity index (χ4v) is 2.16. The third kappa shape index (κ3) is 2.78. The Kier molecular flexibility index (Phi) is 3.92. The van der Waals surface area contributed by atoms with Gasteiger partial charge < -0.3 is 14.5 Å². The number of rotatable bonds is 5. The molecule has 2 heterocycles. The summed E-state index contributed by atoms with van der Waals surface area (Å²) in [6.07, 6.45) is 1.72. The molecular formula is C15H14ClN3O2. The predicted octanol–water partition coefficient (Wildman–Crippen LogP) is 3.25. The lowest BCUT2D eigenvalue weighted by molar-refractivity contribution is 0.339. The molecule has 3 rings (SSSR count). The number of alkyl halides is 1. The maximum Gasteiger partial charge on any atom is 0.178 e. The van der Waals surface area contributed by atoms with Crippen LogP contribution in [0.5, 0.6) is 11.5 Å². The van der Waals surface area contributed by atoms with E-state index in [1.807, 2.05) is 30.3 Å². The standard InChI is InChI=1S/C15H14ClN3O2/c1-20-13-9-10(21-8-6-16)4-5-11(13)14-18-12-3-2-7-17-15(12)19-14/h2-5,7,9H,6,8H2,1H3,(H,17,18,19). The summed E-state index contributed by atoms with van der Waals surface area (Å²) in [5.41, 5.74) is 2.42. The summed E-state index contributed by atoms with van der Waals surface area (Å²) < 4.78 is 10.9. The second kappa shape index (κ2) is 6.01. The van der Waals surface area contributed by atoms with Crippen LogP contribution in [0.25, 0.3) is 22.6 Å². The average Bonchev–Trinajstić information content (AvgIpc) is 2.96. The van der Waals surface area contributed by atoms with Crippen LogP contribution >= 0.6 is 11.6 Å². The number of H-pyrrole nitrogens is 1. The molecule has 0 radical (unpaired) electrons. The van der Waals surface area contributed by atoms with Gasteiger partial charge in [0.15, 0.2) is 5.65 Å². The molecule has 0 saturated heterocycles. The quantitative estimate of drug-likeness (QED) is 0.735. The van der Waals surface area contributed by atoms with Gasteiger partial charge in [-0.2, -0.15) is 0 Å². The highest BCUT2D eigenvalue weighted by Crippen LogP contribution is 2.32. The summed E-state index contributed by atoms with van der Waals surface area (Å²) in [7, 11) is 1.62. The number of hydrogen-bond donors (Lipinski definition) is 1. The van der Waals surface area contributed by atoms with Gasteiger partial charge in [0.1, 0.15) is 23.9 Å². The molecule has 1 N–H and O–H groups in total. The first-order valence-electron chi connectivity index (χ1n) is 6.49. The molecule has 3 aromatic rings. The van der Waals surface area contributed by atoms with E-state index in [1.165, 1.54) is 0 Å². The highest BCUT2D eigenvalue weighted by Gasteiger charge is 2.12. The summed E-state index contributed by atoms with van der Waals surface area (Å²) >= 11 is 5.62. The molecule has 108 valence electrons. The Morgan fingerprint density at radius 3 is 2.95 bits per heavy atom. The Morgan fingerprint density at radius 1 is 1.29 bits per heavy atom. The van der Waals surface area contributed by atoms with E-state index in [9.17, 15) is 0 Å². The van der Waals surface area contributed by atoms with Gasteiger partial charge in [0.2, 0.25) is 0 Å². The molecule has 0 aliphatic heterocycles. The minimum atomic E-state index is 0.444. The molecule has 0 aliphatic carbocycles. The summed E-state index contributed by atoms with van der Waals surface area (Å²) in [6, 6.07) is 9.39. The number of nitrogens with one attached hydrogen (secondary N) is 1. The summed E-state index contributed by atoms with van der Waals surface area (Å²) in [5, 5.41) is 0. The first-order valence-corrected chi connectivity index (χ1v) is 7.03. The van der Waals surface area contributed by atoms with Gasteiger partial charge in [-0.1, -0.05) is 0 Å². The number of benzene rings is 1. The Morgan fingerprint density at radius 2 is 2.19 bits per heavy atom. The van der Waals surface area contributed by atoms with Crippen molar-refractivity contribution in [2.75, 3.05) is 19.6 Å². The molecule has 0 atom stereocenters. The van der Waals surface area contributed by atoms with Gasteiger partial charge in [-0.05, 0) is 24.3 Å². The van der Waals surface area contributed by atoms with Crippen molar-refractivity contribution in [2.24, 2.45) is 0 Å². The van der Waals surface area contributed by atoms with E-state index in [0.29, 0.717) is 35.5 Å². The van der Waals surface area contributed by atoms with Crippen molar-refractivity contribution >= 4 is 22.8 Å². The molecule has 1 aromatic carbocycles. The van der Waals surface area contributed by atoms with Gasteiger partial charge in [0, 0.05) is 12.3 Å². The monoisotopic (exact) mass is 303 g/mol. The number of aromatic amines is 1. The summed E-state index contributed by atoms with van der Waals surface area (Å²) in [5.74, 6) is 2.55. The maximum absolute atomic E-state index is 5.62. The van der Waals surface area contributed by atoms with Crippen molar-refractivity contribution in [2.45, 2.75) is 0 Å². The first-order chi connectivity index (χ1) is 10.3. The SMILES string of the molecule is COc1cc(OCCCl)ccc1-c1nc2ncccc2[nH]1. The van der Waals surface area contributed by atoms with E-state index in [0.717, 1.165) is 11.1 Å². The van der Waals surface area contributed by atoms with Crippen LogP contribution < -0.4 is 9.47 Å².